The third-order valence-corrected chi connectivity index (χ3v) is 10.8. The minimum atomic E-state index is -4.48. The molecular formula is C30H23O10PS2. The van der Waals surface area contributed by atoms with E-state index in [1.807, 2.05) is 0 Å². The summed E-state index contributed by atoms with van der Waals surface area (Å²) in [6, 6.07) is 28.3. The van der Waals surface area contributed by atoms with Crippen LogP contribution in [0.15, 0.2) is 147 Å². The number of phenols is 2. The van der Waals surface area contributed by atoms with E-state index in [0.29, 0.717) is 0 Å². The van der Waals surface area contributed by atoms with Crippen LogP contribution in [0.4, 0.5) is 0 Å². The normalized spacial score (nSPS) is 11.9. The van der Waals surface area contributed by atoms with Crippen molar-refractivity contribution in [2.75, 3.05) is 0 Å². The standard InChI is InChI=1S/C30H23O10PS2/c31-22-6-14-27(15-7-22)42(34,35)29-18-10-25(11-19-29)39-41(33,38-24-4-2-1-3-5-24)40-26-12-20-30(21-13-26)43(36,37)28-16-8-23(32)9-17-28/h1-21,31-32H. The number of phosphoric acid groups is 1. The van der Waals surface area contributed by atoms with Gasteiger partial charge in [0.25, 0.3) is 0 Å². The Labute approximate surface area is 247 Å². The topological polar surface area (TPSA) is 154 Å². The number of hydrogen-bond donors (Lipinski definition) is 2. The molecule has 0 aromatic heterocycles. The van der Waals surface area contributed by atoms with E-state index in [1.54, 1.807) is 18.2 Å². The number of aromatic hydroxyl groups is 2. The zero-order valence-electron chi connectivity index (χ0n) is 22.0. The van der Waals surface area contributed by atoms with Gasteiger partial charge in [-0.15, -0.1) is 0 Å². The summed E-state index contributed by atoms with van der Waals surface area (Å²) >= 11 is 0. The summed E-state index contributed by atoms with van der Waals surface area (Å²) in [5.74, 6) is -0.0641. The Morgan fingerprint density at radius 3 is 1.02 bits per heavy atom. The highest BCUT2D eigenvalue weighted by Gasteiger charge is 2.33. The van der Waals surface area contributed by atoms with Crippen LogP contribution in [0.5, 0.6) is 28.7 Å². The number of para-hydroxylation sites is 1. The Hall–Kier alpha value is -4.77. The third kappa shape index (κ3) is 6.83. The first kappa shape index (κ1) is 29.7. The molecule has 2 N–H and O–H groups in total. The van der Waals surface area contributed by atoms with Crippen LogP contribution in [0.25, 0.3) is 0 Å². The Morgan fingerprint density at radius 1 is 0.419 bits per heavy atom. The molecule has 5 rings (SSSR count). The molecule has 0 atom stereocenters. The van der Waals surface area contributed by atoms with Gasteiger partial charge in [0.15, 0.2) is 0 Å². The molecule has 5 aromatic carbocycles. The number of phenolic OH excluding ortho intramolecular Hbond substituents is 2. The molecule has 0 aliphatic rings. The lowest BCUT2D eigenvalue weighted by Gasteiger charge is -2.19. The van der Waals surface area contributed by atoms with Crippen LogP contribution in [-0.2, 0) is 24.2 Å². The van der Waals surface area contributed by atoms with Crippen LogP contribution in [0.1, 0.15) is 0 Å². The minimum absolute atomic E-state index is 0.0312. The van der Waals surface area contributed by atoms with Crippen LogP contribution in [0.2, 0.25) is 0 Å². The predicted molar refractivity (Wildman–Crippen MR) is 156 cm³/mol. The molecule has 43 heavy (non-hydrogen) atoms. The summed E-state index contributed by atoms with van der Waals surface area (Å²) in [7, 11) is -12.3. The number of benzene rings is 5. The van der Waals surface area contributed by atoms with Crippen LogP contribution in [0, 0.1) is 0 Å². The fraction of sp³-hybridized carbons (Fsp3) is 0. The van der Waals surface area contributed by atoms with Crippen molar-refractivity contribution in [1.82, 2.24) is 0 Å². The van der Waals surface area contributed by atoms with Crippen LogP contribution in [0.3, 0.4) is 0 Å². The summed E-state index contributed by atoms with van der Waals surface area (Å²) in [4.78, 5) is -0.209. The molecule has 220 valence electrons. The lowest BCUT2D eigenvalue weighted by Crippen LogP contribution is -2.08. The Balaban J connectivity index is 1.40. The quantitative estimate of drug-likeness (QED) is 0.164. The summed E-state index contributed by atoms with van der Waals surface area (Å²) < 4.78 is 82.5. The number of sulfone groups is 2. The molecule has 0 radical (unpaired) electrons. The van der Waals surface area contributed by atoms with E-state index in [9.17, 15) is 31.6 Å². The van der Waals surface area contributed by atoms with Gasteiger partial charge in [-0.3, -0.25) is 0 Å². The van der Waals surface area contributed by atoms with E-state index in [-0.39, 0.29) is 48.3 Å². The van der Waals surface area contributed by atoms with Gasteiger partial charge >= 0.3 is 7.82 Å². The lowest BCUT2D eigenvalue weighted by molar-refractivity contribution is 0.298. The molecule has 0 spiro atoms. The number of hydrogen-bond acceptors (Lipinski definition) is 10. The zero-order valence-corrected chi connectivity index (χ0v) is 24.6. The molecule has 0 saturated carbocycles. The van der Waals surface area contributed by atoms with E-state index in [1.165, 1.54) is 109 Å². The zero-order chi connectivity index (χ0) is 30.7. The molecule has 0 saturated heterocycles. The largest absolute Gasteiger partial charge is 0.647 e. The van der Waals surface area contributed by atoms with E-state index >= 15 is 0 Å². The Bertz CT molecular complexity index is 1850. The van der Waals surface area contributed by atoms with Gasteiger partial charge in [-0.25, -0.2) is 16.8 Å². The Morgan fingerprint density at radius 2 is 0.698 bits per heavy atom. The second-order valence-electron chi connectivity index (χ2n) is 8.97. The second kappa shape index (κ2) is 11.8. The maximum atomic E-state index is 13.8. The van der Waals surface area contributed by atoms with E-state index < -0.39 is 27.5 Å². The SMILES string of the molecule is O=P(Oc1ccccc1)(Oc1ccc(S(=O)(=O)c2ccc(O)cc2)cc1)Oc1ccc(S(=O)(=O)c2ccc(O)cc2)cc1. The molecule has 0 aliphatic heterocycles. The van der Waals surface area contributed by atoms with Crippen molar-refractivity contribution in [3.8, 4) is 28.7 Å². The monoisotopic (exact) mass is 638 g/mol. The summed E-state index contributed by atoms with van der Waals surface area (Å²) in [6.07, 6.45) is 0. The average molecular weight is 639 g/mol. The van der Waals surface area contributed by atoms with Crippen molar-refractivity contribution in [2.24, 2.45) is 0 Å². The van der Waals surface area contributed by atoms with Gasteiger partial charge in [0.05, 0.1) is 19.6 Å². The number of phosphoric ester groups is 1. The fourth-order valence-electron chi connectivity index (χ4n) is 3.81. The van der Waals surface area contributed by atoms with Crippen LogP contribution < -0.4 is 13.6 Å². The molecule has 0 amide bonds. The molecule has 13 heteroatoms. The molecule has 5 aromatic rings. The van der Waals surface area contributed by atoms with Crippen molar-refractivity contribution in [3.63, 3.8) is 0 Å². The highest BCUT2D eigenvalue weighted by molar-refractivity contribution is 7.91. The van der Waals surface area contributed by atoms with E-state index in [4.69, 9.17) is 13.6 Å². The van der Waals surface area contributed by atoms with Gasteiger partial charge in [-0.2, -0.15) is 4.57 Å². The Kier molecular flexibility index (Phi) is 8.19. The maximum Gasteiger partial charge on any atom is 0.647 e. The highest BCUT2D eigenvalue weighted by Crippen LogP contribution is 2.50. The van der Waals surface area contributed by atoms with Gasteiger partial charge in [-0.05, 0) is 109 Å². The highest BCUT2D eigenvalue weighted by atomic mass is 32.2. The smallest absolute Gasteiger partial charge is 0.508 e. The van der Waals surface area contributed by atoms with Gasteiger partial charge in [0.1, 0.15) is 28.7 Å². The van der Waals surface area contributed by atoms with Crippen molar-refractivity contribution < 1.29 is 45.2 Å². The summed E-state index contributed by atoms with van der Waals surface area (Å²) in [6.45, 7) is 0. The van der Waals surface area contributed by atoms with Crippen molar-refractivity contribution in [3.05, 3.63) is 127 Å². The molecule has 0 unspecified atom stereocenters. The first-order valence-electron chi connectivity index (χ1n) is 12.5. The first-order chi connectivity index (χ1) is 20.4. The summed E-state index contributed by atoms with van der Waals surface area (Å²) in [5, 5.41) is 18.9. The molecule has 0 aliphatic carbocycles. The first-order valence-corrected chi connectivity index (χ1v) is 16.9. The second-order valence-corrected chi connectivity index (χ2v) is 14.3. The van der Waals surface area contributed by atoms with E-state index in [2.05, 4.69) is 0 Å². The average Bonchev–Trinajstić information content (AvgIpc) is 2.98. The molecule has 10 nitrogen and oxygen atoms in total. The van der Waals surface area contributed by atoms with Crippen molar-refractivity contribution in [2.45, 2.75) is 19.6 Å². The minimum Gasteiger partial charge on any atom is -0.508 e. The molecule has 0 bridgehead atoms. The van der Waals surface area contributed by atoms with Crippen molar-refractivity contribution in [1.29, 1.82) is 0 Å². The van der Waals surface area contributed by atoms with Gasteiger partial charge in [-0.1, -0.05) is 18.2 Å². The molecule has 0 fully saturated rings. The number of rotatable bonds is 10. The van der Waals surface area contributed by atoms with Gasteiger partial charge < -0.3 is 23.8 Å². The predicted octanol–water partition coefficient (Wildman–Crippen LogP) is 6.41. The third-order valence-electron chi connectivity index (χ3n) is 5.96. The van der Waals surface area contributed by atoms with Crippen LogP contribution >= 0.6 is 7.82 Å². The van der Waals surface area contributed by atoms with Gasteiger partial charge in [0, 0.05) is 0 Å². The maximum absolute atomic E-state index is 13.8. The fourth-order valence-corrected chi connectivity index (χ4v) is 7.58. The summed E-state index contributed by atoms with van der Waals surface area (Å²) in [5.41, 5.74) is 0. The lowest BCUT2D eigenvalue weighted by atomic mass is 10.3. The van der Waals surface area contributed by atoms with E-state index in [0.717, 1.165) is 0 Å². The molecule has 0 heterocycles. The van der Waals surface area contributed by atoms with Crippen LogP contribution in [-0.4, -0.2) is 27.0 Å². The van der Waals surface area contributed by atoms with Crippen molar-refractivity contribution >= 4 is 27.5 Å². The molecular weight excluding hydrogens is 615 g/mol. The van der Waals surface area contributed by atoms with Gasteiger partial charge in [0.2, 0.25) is 19.7 Å².